The van der Waals surface area contributed by atoms with Crippen molar-refractivity contribution in [2.45, 2.75) is 31.6 Å². The Morgan fingerprint density at radius 3 is 2.63 bits per heavy atom. The van der Waals surface area contributed by atoms with Crippen LogP contribution in [-0.2, 0) is 10.2 Å². The maximum atomic E-state index is 14.1. The van der Waals surface area contributed by atoms with Crippen LogP contribution in [0.4, 0.5) is 4.39 Å². The molecule has 1 heterocycles. The fourth-order valence-corrected chi connectivity index (χ4v) is 3.46. The topological polar surface area (TPSA) is 48.9 Å². The molecule has 0 atom stereocenters. The summed E-state index contributed by atoms with van der Waals surface area (Å²) in [6.45, 7) is 9.22. The van der Waals surface area contributed by atoms with E-state index in [9.17, 15) is 4.39 Å². The Labute approximate surface area is 179 Å². The Morgan fingerprint density at radius 1 is 1.22 bits per heavy atom. The lowest BCUT2D eigenvalue weighted by atomic mass is 9.95. The average molecular weight is 490 g/mol. The molecule has 0 unspecified atom stereocenters. The lowest BCUT2D eigenvalue weighted by Gasteiger charge is -2.26. The van der Waals surface area contributed by atoms with Gasteiger partial charge in [0.15, 0.2) is 5.96 Å². The van der Waals surface area contributed by atoms with Crippen molar-refractivity contribution >= 4 is 29.9 Å². The van der Waals surface area contributed by atoms with E-state index < -0.39 is 0 Å². The van der Waals surface area contributed by atoms with Crippen LogP contribution in [0.3, 0.4) is 0 Å². The number of rotatable bonds is 8. The number of nitrogens with zero attached hydrogens (tertiary/aromatic N) is 2. The molecule has 1 aromatic carbocycles. The van der Waals surface area contributed by atoms with Crippen LogP contribution in [0, 0.1) is 5.82 Å². The number of halogens is 2. The maximum Gasteiger partial charge on any atom is 0.191 e. The first-order valence-electron chi connectivity index (χ1n) is 9.81. The molecule has 152 valence electrons. The van der Waals surface area contributed by atoms with Crippen LogP contribution in [0.5, 0.6) is 0 Å². The van der Waals surface area contributed by atoms with Gasteiger partial charge in [0.25, 0.3) is 0 Å². The van der Waals surface area contributed by atoms with Crippen LogP contribution in [0.25, 0.3) is 0 Å². The Balaban J connectivity index is 0.00000261. The summed E-state index contributed by atoms with van der Waals surface area (Å²) in [4.78, 5) is 7.18. The van der Waals surface area contributed by atoms with E-state index in [0.717, 1.165) is 76.7 Å². The quantitative estimate of drug-likeness (QED) is 0.255. The minimum absolute atomic E-state index is 0. The monoisotopic (exact) mass is 490 g/mol. The molecule has 0 spiro atoms. The van der Waals surface area contributed by atoms with Crippen LogP contribution in [-0.4, -0.2) is 63.3 Å². The number of guanidine groups is 1. The number of aliphatic imine (C=N–C) groups is 1. The van der Waals surface area contributed by atoms with E-state index in [1.807, 2.05) is 12.1 Å². The van der Waals surface area contributed by atoms with Gasteiger partial charge in [-0.25, -0.2) is 4.39 Å². The van der Waals surface area contributed by atoms with Crippen LogP contribution in [0.2, 0.25) is 0 Å². The van der Waals surface area contributed by atoms with Gasteiger partial charge in [-0.1, -0.05) is 18.2 Å². The van der Waals surface area contributed by atoms with Crippen molar-refractivity contribution in [1.29, 1.82) is 0 Å². The zero-order valence-corrected chi connectivity index (χ0v) is 18.5. The van der Waals surface area contributed by atoms with Crippen LogP contribution >= 0.6 is 24.0 Å². The summed E-state index contributed by atoms with van der Waals surface area (Å²) < 4.78 is 19.5. The molecule has 1 saturated carbocycles. The molecular weight excluding hydrogens is 458 g/mol. The number of hydrogen-bond donors (Lipinski definition) is 2. The highest BCUT2D eigenvalue weighted by atomic mass is 127. The second-order valence-corrected chi connectivity index (χ2v) is 7.19. The summed E-state index contributed by atoms with van der Waals surface area (Å²) in [5.74, 6) is 0.723. The number of hydrogen-bond acceptors (Lipinski definition) is 3. The number of ether oxygens (including phenoxy) is 1. The first-order chi connectivity index (χ1) is 12.7. The third-order valence-corrected chi connectivity index (χ3v) is 5.23. The molecule has 27 heavy (non-hydrogen) atoms. The Kier molecular flexibility index (Phi) is 9.25. The van der Waals surface area contributed by atoms with Crippen molar-refractivity contribution in [1.82, 2.24) is 15.5 Å². The van der Waals surface area contributed by atoms with Crippen LogP contribution in [0.15, 0.2) is 29.3 Å². The highest BCUT2D eigenvalue weighted by Gasteiger charge is 2.45. The van der Waals surface area contributed by atoms with E-state index in [2.05, 4.69) is 22.5 Å². The predicted molar refractivity (Wildman–Crippen MR) is 119 cm³/mol. The van der Waals surface area contributed by atoms with Crippen LogP contribution < -0.4 is 10.6 Å². The summed E-state index contributed by atoms with van der Waals surface area (Å²) in [5.41, 5.74) is 0.702. The number of nitrogens with one attached hydrogen (secondary N) is 2. The predicted octanol–water partition coefficient (Wildman–Crippen LogP) is 2.75. The van der Waals surface area contributed by atoms with E-state index in [1.165, 1.54) is 0 Å². The molecule has 2 N–H and O–H groups in total. The SMILES string of the molecule is CCNC(=NCC1(c2ccccc2F)CC1)NCCCN1CCOCC1.I. The molecule has 2 fully saturated rings. The number of benzene rings is 1. The number of morpholine rings is 1. The summed E-state index contributed by atoms with van der Waals surface area (Å²) in [5, 5.41) is 6.71. The van der Waals surface area contributed by atoms with Crippen LogP contribution in [0.1, 0.15) is 31.7 Å². The van der Waals surface area contributed by atoms with E-state index in [1.54, 1.807) is 12.1 Å². The second kappa shape index (κ2) is 11.2. The van der Waals surface area contributed by atoms with Gasteiger partial charge in [0.05, 0.1) is 19.8 Å². The molecule has 2 aliphatic rings. The molecule has 3 rings (SSSR count). The van der Waals surface area contributed by atoms with E-state index in [-0.39, 0.29) is 35.2 Å². The lowest BCUT2D eigenvalue weighted by molar-refractivity contribution is 0.0376. The Morgan fingerprint density at radius 2 is 1.96 bits per heavy atom. The molecule has 0 bridgehead atoms. The first kappa shape index (κ1) is 22.4. The third kappa shape index (κ3) is 6.57. The van der Waals surface area contributed by atoms with Gasteiger partial charge in [0.2, 0.25) is 0 Å². The third-order valence-electron chi connectivity index (χ3n) is 5.23. The fourth-order valence-electron chi connectivity index (χ4n) is 3.46. The highest BCUT2D eigenvalue weighted by molar-refractivity contribution is 14.0. The second-order valence-electron chi connectivity index (χ2n) is 7.19. The Hall–Kier alpha value is -0.930. The minimum Gasteiger partial charge on any atom is -0.379 e. The summed E-state index contributed by atoms with van der Waals surface area (Å²) in [6.07, 6.45) is 3.09. The molecule has 0 amide bonds. The standard InChI is InChI=1S/C20H31FN4O.HI/c1-2-22-19(23-10-5-11-25-12-14-26-15-13-25)24-16-20(8-9-20)17-6-3-4-7-18(17)21;/h3-4,6-7H,2,5,8-16H2,1H3,(H2,22,23,24);1H. The lowest BCUT2D eigenvalue weighted by Crippen LogP contribution is -2.41. The summed E-state index contributed by atoms with van der Waals surface area (Å²) in [6, 6.07) is 7.12. The fraction of sp³-hybridized carbons (Fsp3) is 0.650. The van der Waals surface area contributed by atoms with Gasteiger partial charge in [-0.3, -0.25) is 9.89 Å². The molecule has 1 saturated heterocycles. The molecule has 7 heteroatoms. The van der Waals surface area contributed by atoms with Gasteiger partial charge in [-0.15, -0.1) is 24.0 Å². The van der Waals surface area contributed by atoms with Crippen molar-refractivity contribution in [3.63, 3.8) is 0 Å². The van der Waals surface area contributed by atoms with Crippen molar-refractivity contribution in [2.75, 3.05) is 52.5 Å². The molecular formula is C20H32FIN4O. The van der Waals surface area contributed by atoms with E-state index in [0.29, 0.717) is 6.54 Å². The molecule has 1 aliphatic carbocycles. The largest absolute Gasteiger partial charge is 0.379 e. The molecule has 1 aliphatic heterocycles. The zero-order chi connectivity index (χ0) is 18.2. The normalized spacial score (nSPS) is 19.3. The molecule has 1 aromatic rings. The van der Waals surface area contributed by atoms with Gasteiger partial charge >= 0.3 is 0 Å². The van der Waals surface area contributed by atoms with Gasteiger partial charge in [-0.05, 0) is 44.4 Å². The van der Waals surface area contributed by atoms with Crippen molar-refractivity contribution in [2.24, 2.45) is 4.99 Å². The van der Waals surface area contributed by atoms with Gasteiger partial charge in [-0.2, -0.15) is 0 Å². The highest BCUT2D eigenvalue weighted by Crippen LogP contribution is 2.49. The van der Waals surface area contributed by atoms with Gasteiger partial charge in [0.1, 0.15) is 5.82 Å². The average Bonchev–Trinajstić information content (AvgIpc) is 3.45. The van der Waals surface area contributed by atoms with E-state index >= 15 is 0 Å². The Bertz CT molecular complexity index is 603. The van der Waals surface area contributed by atoms with Crippen molar-refractivity contribution < 1.29 is 9.13 Å². The maximum absolute atomic E-state index is 14.1. The van der Waals surface area contributed by atoms with Crippen molar-refractivity contribution in [3.05, 3.63) is 35.6 Å². The minimum atomic E-state index is -0.110. The molecule has 0 aromatic heterocycles. The zero-order valence-electron chi connectivity index (χ0n) is 16.2. The smallest absolute Gasteiger partial charge is 0.191 e. The summed E-state index contributed by atoms with van der Waals surface area (Å²) >= 11 is 0. The molecule has 0 radical (unpaired) electrons. The van der Waals surface area contributed by atoms with E-state index in [4.69, 9.17) is 9.73 Å². The van der Waals surface area contributed by atoms with Gasteiger partial charge in [0, 0.05) is 31.6 Å². The van der Waals surface area contributed by atoms with Crippen molar-refractivity contribution in [3.8, 4) is 0 Å². The molecule has 5 nitrogen and oxygen atoms in total. The van der Waals surface area contributed by atoms with Gasteiger partial charge < -0.3 is 15.4 Å². The summed E-state index contributed by atoms with van der Waals surface area (Å²) in [7, 11) is 0. The first-order valence-corrected chi connectivity index (χ1v) is 9.81.